The molecular formula is C20H21N3O4. The van der Waals surface area contributed by atoms with E-state index in [0.29, 0.717) is 18.3 Å². The highest BCUT2D eigenvalue weighted by Crippen LogP contribution is 2.33. The van der Waals surface area contributed by atoms with Crippen LogP contribution in [0.25, 0.3) is 11.4 Å². The van der Waals surface area contributed by atoms with E-state index in [2.05, 4.69) is 22.0 Å². The van der Waals surface area contributed by atoms with E-state index >= 15 is 0 Å². The number of ether oxygens (including phenoxy) is 3. The fourth-order valence-corrected chi connectivity index (χ4v) is 2.97. The van der Waals surface area contributed by atoms with Crippen molar-refractivity contribution in [3.05, 3.63) is 53.9 Å². The zero-order chi connectivity index (χ0) is 18.6. The van der Waals surface area contributed by atoms with E-state index in [9.17, 15) is 0 Å². The second kappa shape index (κ2) is 7.67. The van der Waals surface area contributed by atoms with Crippen LogP contribution in [0.4, 0.5) is 0 Å². The summed E-state index contributed by atoms with van der Waals surface area (Å²) in [6, 6.07) is 13.6. The molecule has 0 saturated carbocycles. The van der Waals surface area contributed by atoms with Gasteiger partial charge in [-0.1, -0.05) is 30.3 Å². The van der Waals surface area contributed by atoms with Crippen LogP contribution < -0.4 is 14.2 Å². The summed E-state index contributed by atoms with van der Waals surface area (Å²) in [6.07, 6.45) is 0. The lowest BCUT2D eigenvalue weighted by Crippen LogP contribution is -2.22. The van der Waals surface area contributed by atoms with Crippen LogP contribution in [0.2, 0.25) is 0 Å². The van der Waals surface area contributed by atoms with Crippen molar-refractivity contribution < 1.29 is 18.7 Å². The Morgan fingerprint density at radius 3 is 2.81 bits per heavy atom. The van der Waals surface area contributed by atoms with Crippen LogP contribution in [-0.4, -0.2) is 35.5 Å². The van der Waals surface area contributed by atoms with Gasteiger partial charge in [-0.05, 0) is 36.4 Å². The average molecular weight is 367 g/mol. The lowest BCUT2D eigenvalue weighted by Gasteiger charge is -2.18. The number of nitrogens with zero attached hydrogens (tertiary/aromatic N) is 3. The summed E-state index contributed by atoms with van der Waals surface area (Å²) in [5.74, 6) is 3.48. The normalized spacial score (nSPS) is 12.6. The van der Waals surface area contributed by atoms with E-state index in [4.69, 9.17) is 18.7 Å². The Hall–Kier alpha value is -3.06. The third-order valence-electron chi connectivity index (χ3n) is 4.45. The van der Waals surface area contributed by atoms with Gasteiger partial charge in [0.1, 0.15) is 5.75 Å². The molecule has 0 bridgehead atoms. The van der Waals surface area contributed by atoms with Crippen molar-refractivity contribution in [2.75, 3.05) is 20.4 Å². The lowest BCUT2D eigenvalue weighted by atomic mass is 10.2. The van der Waals surface area contributed by atoms with E-state index in [-0.39, 0.29) is 6.79 Å². The SMILES string of the molecule is CCN(Cc1ccc2c(c1)OCO2)Cc1nc(-c2cccc(OC)c2)no1. The largest absolute Gasteiger partial charge is 0.497 e. The Balaban J connectivity index is 1.45. The number of rotatable bonds is 7. The van der Waals surface area contributed by atoms with Crippen LogP contribution in [0.3, 0.4) is 0 Å². The molecule has 1 aromatic heterocycles. The first-order valence-electron chi connectivity index (χ1n) is 8.83. The Labute approximate surface area is 157 Å². The zero-order valence-corrected chi connectivity index (χ0v) is 15.3. The minimum absolute atomic E-state index is 0.283. The van der Waals surface area contributed by atoms with Crippen molar-refractivity contribution in [1.29, 1.82) is 0 Å². The number of hydrogen-bond donors (Lipinski definition) is 0. The van der Waals surface area contributed by atoms with Crippen LogP contribution in [0, 0.1) is 0 Å². The highest BCUT2D eigenvalue weighted by atomic mass is 16.7. The molecule has 0 radical (unpaired) electrons. The molecule has 0 saturated heterocycles. The zero-order valence-electron chi connectivity index (χ0n) is 15.3. The first-order chi connectivity index (χ1) is 13.2. The first-order valence-corrected chi connectivity index (χ1v) is 8.83. The summed E-state index contributed by atoms with van der Waals surface area (Å²) in [5, 5.41) is 4.10. The van der Waals surface area contributed by atoms with Gasteiger partial charge in [0, 0.05) is 12.1 Å². The number of hydrogen-bond acceptors (Lipinski definition) is 7. The molecule has 2 heterocycles. The predicted molar refractivity (Wildman–Crippen MR) is 98.6 cm³/mol. The fraction of sp³-hybridized carbons (Fsp3) is 0.300. The summed E-state index contributed by atoms with van der Waals surface area (Å²) in [7, 11) is 1.63. The third-order valence-corrected chi connectivity index (χ3v) is 4.45. The quantitative estimate of drug-likeness (QED) is 0.633. The van der Waals surface area contributed by atoms with Crippen molar-refractivity contribution in [2.45, 2.75) is 20.0 Å². The van der Waals surface area contributed by atoms with Gasteiger partial charge in [-0.25, -0.2) is 0 Å². The lowest BCUT2D eigenvalue weighted by molar-refractivity contribution is 0.174. The molecule has 4 rings (SSSR count). The highest BCUT2D eigenvalue weighted by molar-refractivity contribution is 5.56. The standard InChI is InChI=1S/C20H21N3O4/c1-3-23(11-14-7-8-17-18(9-14)26-13-25-17)12-19-21-20(22-27-19)15-5-4-6-16(10-15)24-2/h4-10H,3,11-13H2,1-2H3. The second-order valence-corrected chi connectivity index (χ2v) is 6.23. The molecule has 0 N–H and O–H groups in total. The second-order valence-electron chi connectivity index (χ2n) is 6.23. The van der Waals surface area contributed by atoms with Gasteiger partial charge in [0.15, 0.2) is 11.5 Å². The van der Waals surface area contributed by atoms with Crippen LogP contribution in [0.1, 0.15) is 18.4 Å². The summed E-state index contributed by atoms with van der Waals surface area (Å²) in [4.78, 5) is 6.75. The van der Waals surface area contributed by atoms with Crippen molar-refractivity contribution in [2.24, 2.45) is 0 Å². The summed E-state index contributed by atoms with van der Waals surface area (Å²) >= 11 is 0. The van der Waals surface area contributed by atoms with E-state index in [0.717, 1.165) is 41.5 Å². The van der Waals surface area contributed by atoms with Crippen molar-refractivity contribution in [1.82, 2.24) is 15.0 Å². The van der Waals surface area contributed by atoms with Crippen LogP contribution in [0.15, 0.2) is 47.0 Å². The van der Waals surface area contributed by atoms with Gasteiger partial charge in [0.25, 0.3) is 0 Å². The molecule has 7 nitrogen and oxygen atoms in total. The Morgan fingerprint density at radius 2 is 1.96 bits per heavy atom. The van der Waals surface area contributed by atoms with Gasteiger partial charge >= 0.3 is 0 Å². The minimum atomic E-state index is 0.283. The summed E-state index contributed by atoms with van der Waals surface area (Å²) < 4.78 is 21.5. The number of fused-ring (bicyclic) bond motifs is 1. The molecule has 0 fully saturated rings. The molecule has 0 spiro atoms. The number of benzene rings is 2. The molecule has 0 atom stereocenters. The maximum Gasteiger partial charge on any atom is 0.241 e. The van der Waals surface area contributed by atoms with Gasteiger partial charge in [0.05, 0.1) is 13.7 Å². The average Bonchev–Trinajstić information content (AvgIpc) is 3.36. The predicted octanol–water partition coefficient (Wildman–Crippen LogP) is 3.50. The molecule has 7 heteroatoms. The third kappa shape index (κ3) is 3.88. The van der Waals surface area contributed by atoms with E-state index in [1.807, 2.05) is 42.5 Å². The molecule has 1 aliphatic heterocycles. The maximum absolute atomic E-state index is 5.45. The molecule has 0 amide bonds. The molecule has 27 heavy (non-hydrogen) atoms. The number of aromatic nitrogens is 2. The Morgan fingerprint density at radius 1 is 1.07 bits per heavy atom. The molecule has 140 valence electrons. The van der Waals surface area contributed by atoms with Crippen LogP contribution in [-0.2, 0) is 13.1 Å². The molecular weight excluding hydrogens is 346 g/mol. The van der Waals surface area contributed by atoms with E-state index in [1.54, 1.807) is 7.11 Å². The molecule has 1 aliphatic rings. The Bertz CT molecular complexity index is 925. The van der Waals surface area contributed by atoms with Gasteiger partial charge in [-0.3, -0.25) is 4.90 Å². The van der Waals surface area contributed by atoms with Gasteiger partial charge < -0.3 is 18.7 Å². The van der Waals surface area contributed by atoms with E-state index in [1.165, 1.54) is 0 Å². The van der Waals surface area contributed by atoms with Gasteiger partial charge in [0.2, 0.25) is 18.5 Å². The van der Waals surface area contributed by atoms with Gasteiger partial charge in [-0.15, -0.1) is 0 Å². The van der Waals surface area contributed by atoms with Crippen LogP contribution >= 0.6 is 0 Å². The summed E-state index contributed by atoms with van der Waals surface area (Å²) in [5.41, 5.74) is 2.01. The maximum atomic E-state index is 5.45. The first kappa shape index (κ1) is 17.4. The van der Waals surface area contributed by atoms with Crippen molar-refractivity contribution in [3.8, 4) is 28.6 Å². The topological polar surface area (TPSA) is 69.9 Å². The monoisotopic (exact) mass is 367 g/mol. The molecule has 2 aromatic carbocycles. The fourth-order valence-electron chi connectivity index (χ4n) is 2.97. The summed E-state index contributed by atoms with van der Waals surface area (Å²) in [6.45, 7) is 4.56. The van der Waals surface area contributed by atoms with Gasteiger partial charge in [-0.2, -0.15) is 4.98 Å². The van der Waals surface area contributed by atoms with Crippen LogP contribution in [0.5, 0.6) is 17.2 Å². The minimum Gasteiger partial charge on any atom is -0.497 e. The number of methoxy groups -OCH3 is 1. The van der Waals surface area contributed by atoms with Crippen molar-refractivity contribution >= 4 is 0 Å². The molecule has 0 unspecified atom stereocenters. The molecule has 3 aromatic rings. The van der Waals surface area contributed by atoms with Crippen molar-refractivity contribution in [3.63, 3.8) is 0 Å². The Kier molecular flexibility index (Phi) is 4.93. The smallest absolute Gasteiger partial charge is 0.241 e. The van der Waals surface area contributed by atoms with E-state index < -0.39 is 0 Å². The highest BCUT2D eigenvalue weighted by Gasteiger charge is 2.16. The molecule has 0 aliphatic carbocycles.